The minimum Gasteiger partial charge on any atom is -0.508 e. The number of carbonyl (C=O) groups is 2. The Morgan fingerprint density at radius 3 is 2.27 bits per heavy atom. The minimum atomic E-state index is -0.910. The largest absolute Gasteiger partial charge is 0.508 e. The molecule has 0 aliphatic carbocycles. The van der Waals surface area contributed by atoms with Gasteiger partial charge in [0.25, 0.3) is 11.7 Å². The SMILES string of the molecule is COCCCN1C(=O)C(=O)/C(=C(/O)c2cc(Cl)c(OC)c(Cl)c2OC)C1c1ccc(O)cc1. The number of halogens is 2. The van der Waals surface area contributed by atoms with E-state index >= 15 is 0 Å². The number of aliphatic hydroxyl groups excluding tert-OH is 1. The van der Waals surface area contributed by atoms with Crippen molar-refractivity contribution in [3.63, 3.8) is 0 Å². The molecule has 0 aromatic heterocycles. The van der Waals surface area contributed by atoms with Crippen LogP contribution < -0.4 is 9.47 Å². The highest BCUT2D eigenvalue weighted by molar-refractivity contribution is 6.47. The molecule has 176 valence electrons. The van der Waals surface area contributed by atoms with E-state index in [1.807, 2.05) is 0 Å². The number of hydrogen-bond acceptors (Lipinski definition) is 7. The van der Waals surface area contributed by atoms with Gasteiger partial charge in [-0.25, -0.2) is 0 Å². The van der Waals surface area contributed by atoms with Crippen LogP contribution in [0.4, 0.5) is 0 Å². The molecular formula is C23H23Cl2NO7. The summed E-state index contributed by atoms with van der Waals surface area (Å²) in [5, 5.41) is 21.1. The van der Waals surface area contributed by atoms with E-state index in [0.29, 0.717) is 18.6 Å². The van der Waals surface area contributed by atoms with Crippen LogP contribution in [-0.2, 0) is 14.3 Å². The summed E-state index contributed by atoms with van der Waals surface area (Å²) in [7, 11) is 4.25. The Hall–Kier alpha value is -2.94. The van der Waals surface area contributed by atoms with E-state index in [9.17, 15) is 19.8 Å². The average Bonchev–Trinajstić information content (AvgIpc) is 3.04. The number of aliphatic hydroxyl groups is 1. The molecule has 33 heavy (non-hydrogen) atoms. The molecule has 0 radical (unpaired) electrons. The van der Waals surface area contributed by atoms with Crippen LogP contribution in [0.3, 0.4) is 0 Å². The molecule has 0 spiro atoms. The Labute approximate surface area is 200 Å². The number of Topliss-reactive ketones (excluding diaryl/α,β-unsaturated/α-hetero) is 1. The van der Waals surface area contributed by atoms with Crippen LogP contribution in [0.15, 0.2) is 35.9 Å². The Kier molecular flexibility index (Phi) is 7.73. The first kappa shape index (κ1) is 24.7. The van der Waals surface area contributed by atoms with Gasteiger partial charge >= 0.3 is 0 Å². The zero-order valence-corrected chi connectivity index (χ0v) is 19.7. The van der Waals surface area contributed by atoms with Gasteiger partial charge in [0.2, 0.25) is 0 Å². The average molecular weight is 496 g/mol. The van der Waals surface area contributed by atoms with Crippen LogP contribution in [0.25, 0.3) is 5.76 Å². The van der Waals surface area contributed by atoms with Gasteiger partial charge < -0.3 is 29.3 Å². The highest BCUT2D eigenvalue weighted by atomic mass is 35.5. The number of ether oxygens (including phenoxy) is 3. The molecule has 2 aromatic rings. The van der Waals surface area contributed by atoms with Crippen LogP contribution in [0, 0.1) is 0 Å². The molecule has 1 aliphatic heterocycles. The van der Waals surface area contributed by atoms with Crippen LogP contribution in [-0.4, -0.2) is 61.3 Å². The van der Waals surface area contributed by atoms with Crippen LogP contribution in [0.5, 0.6) is 17.2 Å². The number of carbonyl (C=O) groups excluding carboxylic acids is 2. The van der Waals surface area contributed by atoms with Crippen molar-refractivity contribution in [1.29, 1.82) is 0 Å². The fourth-order valence-corrected chi connectivity index (χ4v) is 4.47. The Morgan fingerprint density at radius 2 is 1.70 bits per heavy atom. The van der Waals surface area contributed by atoms with Crippen molar-refractivity contribution in [3.05, 3.63) is 57.1 Å². The number of methoxy groups -OCH3 is 3. The summed E-state index contributed by atoms with van der Waals surface area (Å²) < 4.78 is 15.6. The van der Waals surface area contributed by atoms with Gasteiger partial charge in [-0.2, -0.15) is 0 Å². The number of phenols is 1. The third kappa shape index (κ3) is 4.59. The molecule has 1 saturated heterocycles. The Bertz CT molecular complexity index is 1100. The third-order valence-electron chi connectivity index (χ3n) is 5.29. The second-order valence-corrected chi connectivity index (χ2v) is 8.00. The number of rotatable bonds is 8. The summed E-state index contributed by atoms with van der Waals surface area (Å²) in [4.78, 5) is 27.4. The van der Waals surface area contributed by atoms with Gasteiger partial charge in [0.1, 0.15) is 16.5 Å². The van der Waals surface area contributed by atoms with Crippen LogP contribution in [0.2, 0.25) is 10.0 Å². The lowest BCUT2D eigenvalue weighted by atomic mass is 9.94. The molecule has 3 rings (SSSR count). The van der Waals surface area contributed by atoms with Crippen LogP contribution >= 0.6 is 23.2 Å². The van der Waals surface area contributed by atoms with Crippen molar-refractivity contribution in [3.8, 4) is 17.2 Å². The van der Waals surface area contributed by atoms with Crippen molar-refractivity contribution < 1.29 is 34.0 Å². The van der Waals surface area contributed by atoms with E-state index in [1.165, 1.54) is 44.4 Å². The number of phenolic OH excluding ortho intramolecular Hbond substituents is 1. The molecule has 1 atom stereocenters. The molecule has 1 aliphatic rings. The smallest absolute Gasteiger partial charge is 0.295 e. The maximum Gasteiger partial charge on any atom is 0.295 e. The normalized spacial score (nSPS) is 17.5. The summed E-state index contributed by atoms with van der Waals surface area (Å²) in [6, 6.07) is 6.47. The molecular weight excluding hydrogens is 473 g/mol. The monoisotopic (exact) mass is 495 g/mol. The fraction of sp³-hybridized carbons (Fsp3) is 0.304. The number of ketones is 1. The molecule has 1 heterocycles. The zero-order chi connectivity index (χ0) is 24.3. The summed E-state index contributed by atoms with van der Waals surface area (Å²) >= 11 is 12.6. The topological polar surface area (TPSA) is 106 Å². The van der Waals surface area contributed by atoms with Gasteiger partial charge in [0, 0.05) is 20.3 Å². The Morgan fingerprint density at radius 1 is 1.06 bits per heavy atom. The van der Waals surface area contributed by atoms with E-state index in [2.05, 4.69) is 0 Å². The second-order valence-electron chi connectivity index (χ2n) is 7.22. The lowest BCUT2D eigenvalue weighted by Crippen LogP contribution is -2.31. The molecule has 0 bridgehead atoms. The third-order valence-corrected chi connectivity index (χ3v) is 5.91. The molecule has 0 saturated carbocycles. The van der Waals surface area contributed by atoms with Crippen molar-refractivity contribution in [2.75, 3.05) is 34.5 Å². The number of benzene rings is 2. The highest BCUT2D eigenvalue weighted by Crippen LogP contribution is 2.47. The van der Waals surface area contributed by atoms with Crippen molar-refractivity contribution in [1.82, 2.24) is 4.90 Å². The van der Waals surface area contributed by atoms with E-state index < -0.39 is 23.5 Å². The molecule has 1 fully saturated rings. The van der Waals surface area contributed by atoms with Gasteiger partial charge in [0.05, 0.1) is 36.4 Å². The van der Waals surface area contributed by atoms with Gasteiger partial charge in [0.15, 0.2) is 11.5 Å². The van der Waals surface area contributed by atoms with Crippen molar-refractivity contribution in [2.24, 2.45) is 0 Å². The molecule has 8 nitrogen and oxygen atoms in total. The Balaban J connectivity index is 2.24. The summed E-state index contributed by atoms with van der Waals surface area (Å²) in [5.41, 5.74) is 0.404. The van der Waals surface area contributed by atoms with E-state index in [-0.39, 0.29) is 45.0 Å². The standard InChI is InChI=1S/C23H23Cl2NO7/c1-31-10-4-9-26-18(12-5-7-13(27)8-6-12)16(20(29)23(26)30)19(28)14-11-15(24)22(33-3)17(25)21(14)32-2/h5-8,11,18,27-28H,4,9-10H2,1-3H3/b19-16+. The number of aromatic hydroxyl groups is 1. The van der Waals surface area contributed by atoms with Crippen molar-refractivity contribution in [2.45, 2.75) is 12.5 Å². The maximum absolute atomic E-state index is 13.1. The lowest BCUT2D eigenvalue weighted by molar-refractivity contribution is -0.140. The quantitative estimate of drug-likeness (QED) is 0.245. The number of nitrogens with zero attached hydrogens (tertiary/aromatic N) is 1. The van der Waals surface area contributed by atoms with E-state index in [4.69, 9.17) is 37.4 Å². The number of likely N-dealkylation sites (tertiary alicyclic amines) is 1. The molecule has 2 aromatic carbocycles. The molecule has 1 unspecified atom stereocenters. The zero-order valence-electron chi connectivity index (χ0n) is 18.2. The first-order valence-electron chi connectivity index (χ1n) is 9.93. The van der Waals surface area contributed by atoms with Gasteiger partial charge in [-0.05, 0) is 30.2 Å². The highest BCUT2D eigenvalue weighted by Gasteiger charge is 2.46. The van der Waals surface area contributed by atoms with Gasteiger partial charge in [-0.1, -0.05) is 35.3 Å². The molecule has 1 amide bonds. The lowest BCUT2D eigenvalue weighted by Gasteiger charge is -2.25. The van der Waals surface area contributed by atoms with E-state index in [1.54, 1.807) is 12.1 Å². The van der Waals surface area contributed by atoms with Gasteiger partial charge in [-0.15, -0.1) is 0 Å². The van der Waals surface area contributed by atoms with E-state index in [0.717, 1.165) is 0 Å². The minimum absolute atomic E-state index is 0.00422. The first-order chi connectivity index (χ1) is 15.8. The molecule has 2 N–H and O–H groups in total. The first-order valence-corrected chi connectivity index (χ1v) is 10.7. The predicted molar refractivity (Wildman–Crippen MR) is 123 cm³/mol. The summed E-state index contributed by atoms with van der Waals surface area (Å²) in [6.07, 6.45) is 0.474. The maximum atomic E-state index is 13.1. The van der Waals surface area contributed by atoms with Gasteiger partial charge in [-0.3, -0.25) is 9.59 Å². The fourth-order valence-electron chi connectivity index (χ4n) is 3.78. The number of hydrogen-bond donors (Lipinski definition) is 2. The second kappa shape index (κ2) is 10.3. The predicted octanol–water partition coefficient (Wildman–Crippen LogP) is 4.17. The summed E-state index contributed by atoms with van der Waals surface area (Å²) in [5.74, 6) is -1.94. The van der Waals surface area contributed by atoms with Crippen molar-refractivity contribution >= 4 is 40.7 Å². The number of amides is 1. The van der Waals surface area contributed by atoms with Crippen LogP contribution in [0.1, 0.15) is 23.6 Å². The molecule has 10 heteroatoms. The summed E-state index contributed by atoms with van der Waals surface area (Å²) in [6.45, 7) is 0.588.